The molecule has 0 atom stereocenters. The molecule has 2 aromatic rings. The highest BCUT2D eigenvalue weighted by molar-refractivity contribution is 7.80. The van der Waals surface area contributed by atoms with Crippen LogP contribution in [-0.4, -0.2) is 28.3 Å². The minimum atomic E-state index is -4.62. The van der Waals surface area contributed by atoms with Gasteiger partial charge in [-0.25, -0.2) is 4.79 Å². The lowest BCUT2D eigenvalue weighted by Crippen LogP contribution is -2.10. The second-order valence-electron chi connectivity index (χ2n) is 3.68. The van der Waals surface area contributed by atoms with E-state index in [1.165, 1.54) is 6.20 Å². The van der Waals surface area contributed by atoms with E-state index in [1.54, 1.807) is 0 Å². The average molecular weight is 303 g/mol. The molecule has 0 aliphatic carbocycles. The maximum atomic E-state index is 12.9. The molecule has 1 N–H and O–H groups in total. The first kappa shape index (κ1) is 14.4. The van der Waals surface area contributed by atoms with Crippen molar-refractivity contribution in [2.24, 2.45) is 0 Å². The largest absolute Gasteiger partial charge is 0.465 e. The number of rotatable bonds is 2. The summed E-state index contributed by atoms with van der Waals surface area (Å²) >= 11 is 3.94. The van der Waals surface area contributed by atoms with Crippen molar-refractivity contribution < 1.29 is 22.7 Å². The normalized spacial score (nSPS) is 11.4. The maximum Gasteiger partial charge on any atom is 0.418 e. The summed E-state index contributed by atoms with van der Waals surface area (Å²) in [5, 5.41) is 6.01. The van der Waals surface area contributed by atoms with E-state index in [9.17, 15) is 18.0 Å². The highest BCUT2D eigenvalue weighted by atomic mass is 32.1. The number of halogens is 3. The molecule has 0 saturated heterocycles. The number of hydrogen-bond donors (Lipinski definition) is 2. The van der Waals surface area contributed by atoms with Gasteiger partial charge in [0.2, 0.25) is 0 Å². The Morgan fingerprint density at radius 2 is 2.10 bits per heavy atom. The number of thiol groups is 1. The van der Waals surface area contributed by atoms with Crippen LogP contribution in [0.4, 0.5) is 13.2 Å². The van der Waals surface area contributed by atoms with Crippen LogP contribution in [0.5, 0.6) is 0 Å². The number of methoxy groups -OCH3 is 1. The van der Waals surface area contributed by atoms with Crippen LogP contribution < -0.4 is 0 Å². The summed E-state index contributed by atoms with van der Waals surface area (Å²) in [5.41, 5.74) is -1.91. The molecule has 9 heteroatoms. The van der Waals surface area contributed by atoms with Crippen LogP contribution in [0.25, 0.3) is 11.4 Å². The fraction of sp³-hybridized carbons (Fsp3) is 0.182. The van der Waals surface area contributed by atoms with E-state index in [2.05, 4.69) is 32.5 Å². The van der Waals surface area contributed by atoms with Crippen LogP contribution in [0.3, 0.4) is 0 Å². The predicted molar refractivity (Wildman–Crippen MR) is 65.4 cm³/mol. The first-order valence-corrected chi connectivity index (χ1v) is 5.69. The van der Waals surface area contributed by atoms with Crippen LogP contribution in [-0.2, 0) is 10.9 Å². The van der Waals surface area contributed by atoms with Crippen LogP contribution in [0.2, 0.25) is 0 Å². The molecule has 0 bridgehead atoms. The second-order valence-corrected chi connectivity index (χ2v) is 4.13. The van der Waals surface area contributed by atoms with Crippen LogP contribution in [0.1, 0.15) is 15.9 Å². The van der Waals surface area contributed by atoms with Crippen LogP contribution in [0.15, 0.2) is 23.4 Å². The van der Waals surface area contributed by atoms with Crippen molar-refractivity contribution in [3.63, 3.8) is 0 Å². The number of H-pyrrole nitrogens is 1. The molecule has 0 spiro atoms. The van der Waals surface area contributed by atoms with Gasteiger partial charge in [-0.3, -0.25) is 10.1 Å². The number of nitrogens with zero attached hydrogens (tertiary/aromatic N) is 2. The first-order chi connectivity index (χ1) is 9.36. The third-order valence-corrected chi connectivity index (χ3v) is 2.80. The fourth-order valence-corrected chi connectivity index (χ4v) is 1.87. The molecule has 2 rings (SSSR count). The van der Waals surface area contributed by atoms with Gasteiger partial charge in [-0.2, -0.15) is 18.3 Å². The zero-order chi connectivity index (χ0) is 14.9. The Balaban J connectivity index is 2.68. The summed E-state index contributed by atoms with van der Waals surface area (Å²) in [6.07, 6.45) is -3.44. The molecule has 106 valence electrons. The van der Waals surface area contributed by atoms with Gasteiger partial charge >= 0.3 is 12.1 Å². The molecule has 0 aromatic carbocycles. The average Bonchev–Trinajstić information content (AvgIpc) is 2.78. The summed E-state index contributed by atoms with van der Waals surface area (Å²) in [5.74, 6) is -0.850. The van der Waals surface area contributed by atoms with E-state index in [4.69, 9.17) is 0 Å². The third kappa shape index (κ3) is 2.48. The highest BCUT2D eigenvalue weighted by Crippen LogP contribution is 2.37. The topological polar surface area (TPSA) is 67.9 Å². The minimum Gasteiger partial charge on any atom is -0.465 e. The lowest BCUT2D eigenvalue weighted by atomic mass is 10.1. The molecule has 0 unspecified atom stereocenters. The second kappa shape index (κ2) is 5.16. The number of carbonyl (C=O) groups is 1. The van der Waals surface area contributed by atoms with Gasteiger partial charge in [-0.05, 0) is 12.1 Å². The zero-order valence-corrected chi connectivity index (χ0v) is 10.9. The quantitative estimate of drug-likeness (QED) is 0.661. The van der Waals surface area contributed by atoms with Crippen molar-refractivity contribution in [2.75, 3.05) is 7.11 Å². The molecule has 2 aromatic heterocycles. The van der Waals surface area contributed by atoms with Crippen molar-refractivity contribution in [2.45, 2.75) is 11.2 Å². The predicted octanol–water partition coefficient (Wildman–Crippen LogP) is 2.57. The third-order valence-electron chi connectivity index (χ3n) is 2.47. The number of ether oxygens (including phenoxy) is 1. The van der Waals surface area contributed by atoms with Gasteiger partial charge in [-0.1, -0.05) is 0 Å². The number of alkyl halides is 3. The summed E-state index contributed by atoms with van der Waals surface area (Å²) < 4.78 is 43.3. The van der Waals surface area contributed by atoms with Crippen molar-refractivity contribution in [3.05, 3.63) is 29.5 Å². The molecule has 0 amide bonds. The highest BCUT2D eigenvalue weighted by Gasteiger charge is 2.36. The molecular weight excluding hydrogens is 295 g/mol. The Kier molecular flexibility index (Phi) is 3.71. The Labute approximate surface area is 116 Å². The molecule has 5 nitrogen and oxygen atoms in total. The van der Waals surface area contributed by atoms with Gasteiger partial charge in [0.05, 0.1) is 12.7 Å². The number of carbonyl (C=O) groups excluding carboxylic acids is 1. The molecule has 0 aliphatic heterocycles. The molecule has 0 radical (unpaired) electrons. The van der Waals surface area contributed by atoms with E-state index in [0.29, 0.717) is 0 Å². The van der Waals surface area contributed by atoms with E-state index in [1.807, 2.05) is 0 Å². The molecule has 0 saturated carbocycles. The smallest absolute Gasteiger partial charge is 0.418 e. The Morgan fingerprint density at radius 1 is 1.40 bits per heavy atom. The summed E-state index contributed by atoms with van der Waals surface area (Å²) in [4.78, 5) is 15.3. The van der Waals surface area contributed by atoms with Gasteiger partial charge in [-0.15, -0.1) is 12.6 Å². The molecule has 0 fully saturated rings. The van der Waals surface area contributed by atoms with Gasteiger partial charge in [0, 0.05) is 6.20 Å². The lowest BCUT2D eigenvalue weighted by Gasteiger charge is -2.10. The SMILES string of the molecule is COC(=O)c1c(-c2ncccc2C(F)(F)F)n[nH]c1S. The minimum absolute atomic E-state index is 0.00521. The van der Waals surface area contributed by atoms with Gasteiger partial charge in [0.25, 0.3) is 0 Å². The van der Waals surface area contributed by atoms with Crippen molar-refractivity contribution in [1.29, 1.82) is 0 Å². The Hall–Kier alpha value is -2.03. The van der Waals surface area contributed by atoms with Gasteiger partial charge < -0.3 is 4.74 Å². The van der Waals surface area contributed by atoms with E-state index >= 15 is 0 Å². The maximum absolute atomic E-state index is 12.9. The van der Waals surface area contributed by atoms with E-state index in [0.717, 1.165) is 19.2 Å². The Bertz CT molecular complexity index is 655. The fourth-order valence-electron chi connectivity index (χ4n) is 1.62. The van der Waals surface area contributed by atoms with Crippen molar-refractivity contribution >= 4 is 18.6 Å². The molecule has 2 heterocycles. The summed E-state index contributed by atoms with van der Waals surface area (Å²) in [7, 11) is 1.11. The number of nitrogens with one attached hydrogen (secondary N) is 1. The number of pyridine rings is 1. The monoisotopic (exact) mass is 303 g/mol. The first-order valence-electron chi connectivity index (χ1n) is 5.24. The summed E-state index contributed by atoms with van der Waals surface area (Å²) in [6, 6.07) is 2.01. The van der Waals surface area contributed by atoms with Crippen LogP contribution >= 0.6 is 12.6 Å². The number of aromatic nitrogens is 3. The van der Waals surface area contributed by atoms with Gasteiger partial charge in [0.15, 0.2) is 0 Å². The molecular formula is C11H8F3N3O2S. The molecule has 20 heavy (non-hydrogen) atoms. The van der Waals surface area contributed by atoms with E-state index in [-0.39, 0.29) is 16.3 Å². The number of esters is 1. The lowest BCUT2D eigenvalue weighted by molar-refractivity contribution is -0.137. The summed E-state index contributed by atoms with van der Waals surface area (Å²) in [6.45, 7) is 0. The van der Waals surface area contributed by atoms with Crippen LogP contribution in [0, 0.1) is 0 Å². The number of hydrogen-bond acceptors (Lipinski definition) is 5. The standard InChI is InChI=1S/C11H8F3N3O2S/c1-19-10(18)6-8(16-17-9(6)20)7-5(11(12,13)14)3-2-4-15-7/h2-4H,1H3,(H2,16,17,20). The van der Waals surface area contributed by atoms with Gasteiger partial charge in [0.1, 0.15) is 22.0 Å². The van der Waals surface area contributed by atoms with E-state index < -0.39 is 23.4 Å². The number of aromatic amines is 1. The van der Waals surface area contributed by atoms with Crippen molar-refractivity contribution in [1.82, 2.24) is 15.2 Å². The Morgan fingerprint density at radius 3 is 2.70 bits per heavy atom. The zero-order valence-electron chi connectivity index (χ0n) is 10.0. The van der Waals surface area contributed by atoms with Crippen molar-refractivity contribution in [3.8, 4) is 11.4 Å². The molecule has 0 aliphatic rings.